The zero-order valence-corrected chi connectivity index (χ0v) is 9.56. The molecule has 4 N–H and O–H groups in total. The van der Waals surface area contributed by atoms with Crippen molar-refractivity contribution >= 4 is 11.9 Å². The lowest BCUT2D eigenvalue weighted by Gasteiger charge is -2.61. The van der Waals surface area contributed by atoms with Gasteiger partial charge in [0, 0.05) is 0 Å². The van der Waals surface area contributed by atoms with Gasteiger partial charge < -0.3 is 15.9 Å². The van der Waals surface area contributed by atoms with Gasteiger partial charge in [0.05, 0.1) is 5.41 Å². The van der Waals surface area contributed by atoms with E-state index in [1.54, 1.807) is 0 Å². The van der Waals surface area contributed by atoms with Crippen molar-refractivity contribution in [1.29, 1.82) is 0 Å². The molecule has 0 aliphatic heterocycles. The van der Waals surface area contributed by atoms with Gasteiger partial charge in [0.15, 0.2) is 0 Å². The van der Waals surface area contributed by atoms with Crippen molar-refractivity contribution in [1.82, 2.24) is 0 Å². The molecule has 0 amide bonds. The highest BCUT2D eigenvalue weighted by Gasteiger charge is 2.66. The smallest absolute Gasteiger partial charge is 0.324 e. The molecule has 0 saturated heterocycles. The molecule has 0 aromatic rings. The van der Waals surface area contributed by atoms with Crippen molar-refractivity contribution in [2.45, 2.75) is 37.6 Å². The van der Waals surface area contributed by atoms with E-state index in [1.165, 1.54) is 0 Å². The van der Waals surface area contributed by atoms with Crippen molar-refractivity contribution in [3.8, 4) is 0 Å². The normalized spacial score (nSPS) is 51.5. The maximum absolute atomic E-state index is 11.4. The van der Waals surface area contributed by atoms with Crippen LogP contribution in [-0.2, 0) is 9.59 Å². The van der Waals surface area contributed by atoms with E-state index >= 15 is 0 Å². The second-order valence-electron chi connectivity index (χ2n) is 6.17. The quantitative estimate of drug-likeness (QED) is 0.657. The molecule has 4 fully saturated rings. The Morgan fingerprint density at radius 3 is 1.94 bits per heavy atom. The monoisotopic (exact) mass is 239 g/mol. The van der Waals surface area contributed by atoms with Crippen LogP contribution in [0, 0.1) is 23.2 Å². The Bertz CT molecular complexity index is 389. The van der Waals surface area contributed by atoms with Crippen molar-refractivity contribution in [3.05, 3.63) is 0 Å². The second-order valence-corrected chi connectivity index (χ2v) is 6.17. The predicted molar refractivity (Wildman–Crippen MR) is 58.2 cm³/mol. The van der Waals surface area contributed by atoms with Gasteiger partial charge in [-0.1, -0.05) is 0 Å². The lowest BCUT2D eigenvalue weighted by Crippen LogP contribution is -2.70. The number of carbonyl (C=O) groups is 2. The van der Waals surface area contributed by atoms with Gasteiger partial charge in [-0.15, -0.1) is 0 Å². The van der Waals surface area contributed by atoms with Gasteiger partial charge in [0.1, 0.15) is 5.54 Å². The minimum absolute atomic E-state index is 0.164. The van der Waals surface area contributed by atoms with Gasteiger partial charge in [0.2, 0.25) is 0 Å². The van der Waals surface area contributed by atoms with E-state index in [-0.39, 0.29) is 11.8 Å². The van der Waals surface area contributed by atoms with Gasteiger partial charge in [-0.05, 0) is 49.9 Å². The van der Waals surface area contributed by atoms with Crippen LogP contribution in [0.5, 0.6) is 0 Å². The maximum Gasteiger partial charge on any atom is 0.324 e. The van der Waals surface area contributed by atoms with Crippen LogP contribution in [0.3, 0.4) is 0 Å². The SMILES string of the molecule is NC1(C(=O)O)[C@@H]2CC3C[C@H]1CC(C(=O)O)(C3)C2. The third-order valence-corrected chi connectivity index (χ3v) is 5.36. The Labute approximate surface area is 99.0 Å². The molecule has 17 heavy (non-hydrogen) atoms. The molecule has 4 rings (SSSR count). The van der Waals surface area contributed by atoms with Crippen LogP contribution in [0.2, 0.25) is 0 Å². The van der Waals surface area contributed by atoms with E-state index < -0.39 is 22.9 Å². The summed E-state index contributed by atoms with van der Waals surface area (Å²) in [5.41, 5.74) is 4.23. The molecule has 5 atom stereocenters. The average Bonchev–Trinajstić information content (AvgIpc) is 2.24. The highest BCUT2D eigenvalue weighted by Crippen LogP contribution is 2.62. The van der Waals surface area contributed by atoms with Crippen LogP contribution in [0.1, 0.15) is 32.1 Å². The fraction of sp³-hybridized carbons (Fsp3) is 0.833. The summed E-state index contributed by atoms with van der Waals surface area (Å²) in [5.74, 6) is -1.68. The summed E-state index contributed by atoms with van der Waals surface area (Å²) in [6.07, 6.45) is 3.17. The number of carboxylic acid groups (broad SMARTS) is 2. The van der Waals surface area contributed by atoms with E-state index in [9.17, 15) is 19.8 Å². The highest BCUT2D eigenvalue weighted by atomic mass is 16.4. The molecular weight excluding hydrogens is 222 g/mol. The third-order valence-electron chi connectivity index (χ3n) is 5.36. The summed E-state index contributed by atoms with van der Waals surface area (Å²) in [7, 11) is 0. The van der Waals surface area contributed by atoms with E-state index in [2.05, 4.69) is 0 Å². The summed E-state index contributed by atoms with van der Waals surface area (Å²) in [6, 6.07) is 0. The van der Waals surface area contributed by atoms with Crippen molar-refractivity contribution < 1.29 is 19.8 Å². The Morgan fingerprint density at radius 1 is 1.00 bits per heavy atom. The minimum atomic E-state index is -1.18. The first-order valence-corrected chi connectivity index (χ1v) is 6.14. The van der Waals surface area contributed by atoms with Crippen LogP contribution in [0.15, 0.2) is 0 Å². The Kier molecular flexibility index (Phi) is 1.95. The molecule has 5 nitrogen and oxygen atoms in total. The van der Waals surface area contributed by atoms with Crippen LogP contribution in [-0.4, -0.2) is 27.7 Å². The van der Waals surface area contributed by atoms with E-state index in [1.807, 2.05) is 0 Å². The molecule has 3 unspecified atom stereocenters. The summed E-state index contributed by atoms with van der Waals surface area (Å²) in [5, 5.41) is 18.8. The van der Waals surface area contributed by atoms with Crippen LogP contribution >= 0.6 is 0 Å². The third kappa shape index (κ3) is 1.18. The fourth-order valence-electron chi connectivity index (χ4n) is 4.65. The number of carboxylic acids is 2. The molecular formula is C12H17NO4. The van der Waals surface area contributed by atoms with Gasteiger partial charge >= 0.3 is 11.9 Å². The van der Waals surface area contributed by atoms with Crippen LogP contribution in [0.4, 0.5) is 0 Å². The first-order valence-electron chi connectivity index (χ1n) is 6.14. The van der Waals surface area contributed by atoms with Crippen LogP contribution < -0.4 is 5.73 Å². The molecule has 94 valence electrons. The molecule has 0 aromatic heterocycles. The molecule has 4 aliphatic rings. The van der Waals surface area contributed by atoms with Gasteiger partial charge in [-0.3, -0.25) is 9.59 Å². The molecule has 0 heterocycles. The van der Waals surface area contributed by atoms with E-state index in [0.29, 0.717) is 25.2 Å². The number of hydrogen-bond acceptors (Lipinski definition) is 3. The number of aliphatic carboxylic acids is 2. The molecule has 4 bridgehead atoms. The highest BCUT2D eigenvalue weighted by molar-refractivity contribution is 5.82. The second kappa shape index (κ2) is 3.02. The fourth-order valence-corrected chi connectivity index (χ4v) is 4.65. The first-order chi connectivity index (χ1) is 7.88. The van der Waals surface area contributed by atoms with E-state index in [4.69, 9.17) is 5.73 Å². The molecule has 4 saturated carbocycles. The Hall–Kier alpha value is -1.10. The first kappa shape index (κ1) is 11.0. The molecule has 4 aliphatic carbocycles. The lowest BCUT2D eigenvalue weighted by molar-refractivity contribution is -0.183. The zero-order chi connectivity index (χ0) is 12.4. The molecule has 0 radical (unpaired) electrons. The number of nitrogens with two attached hydrogens (primary N) is 1. The van der Waals surface area contributed by atoms with Crippen LogP contribution in [0.25, 0.3) is 0 Å². The predicted octanol–water partition coefficient (Wildman–Crippen LogP) is 0.679. The summed E-state index contributed by atoms with van der Waals surface area (Å²) < 4.78 is 0. The summed E-state index contributed by atoms with van der Waals surface area (Å²) in [4.78, 5) is 22.9. The minimum Gasteiger partial charge on any atom is -0.481 e. The van der Waals surface area contributed by atoms with E-state index in [0.717, 1.165) is 12.8 Å². The standard InChI is InChI=1S/C12H17NO4/c13-12(10(16)17)7-1-6-2-8(12)5-11(3-6,4-7)9(14)15/h6-8H,1-5,13H2,(H,14,15)(H,16,17)/t6?,7-,8+,11?,12?. The average molecular weight is 239 g/mol. The molecule has 5 heteroatoms. The lowest BCUT2D eigenvalue weighted by atomic mass is 9.43. The molecule has 0 spiro atoms. The molecule has 0 aromatic carbocycles. The van der Waals surface area contributed by atoms with Crippen molar-refractivity contribution in [2.75, 3.05) is 0 Å². The van der Waals surface area contributed by atoms with Crippen molar-refractivity contribution in [2.24, 2.45) is 28.9 Å². The topological polar surface area (TPSA) is 101 Å². The number of rotatable bonds is 2. The zero-order valence-electron chi connectivity index (χ0n) is 9.56. The maximum atomic E-state index is 11.4. The van der Waals surface area contributed by atoms with Gasteiger partial charge in [0.25, 0.3) is 0 Å². The van der Waals surface area contributed by atoms with Gasteiger partial charge in [-0.25, -0.2) is 0 Å². The largest absolute Gasteiger partial charge is 0.481 e. The summed E-state index contributed by atoms with van der Waals surface area (Å²) in [6.45, 7) is 0. The summed E-state index contributed by atoms with van der Waals surface area (Å²) >= 11 is 0. The van der Waals surface area contributed by atoms with Gasteiger partial charge in [-0.2, -0.15) is 0 Å². The number of hydrogen-bond donors (Lipinski definition) is 3. The Balaban J connectivity index is 2.02. The van der Waals surface area contributed by atoms with Crippen molar-refractivity contribution in [3.63, 3.8) is 0 Å². The Morgan fingerprint density at radius 2 is 1.53 bits per heavy atom.